The van der Waals surface area contributed by atoms with E-state index in [1.165, 1.54) is 5.56 Å². The highest BCUT2D eigenvalue weighted by molar-refractivity contribution is 9.10. The molecule has 0 aliphatic carbocycles. The highest BCUT2D eigenvalue weighted by Crippen LogP contribution is 2.26. The molecule has 0 saturated carbocycles. The van der Waals surface area contributed by atoms with Gasteiger partial charge in [-0.15, -0.1) is 0 Å². The van der Waals surface area contributed by atoms with Gasteiger partial charge in [0.15, 0.2) is 5.78 Å². The smallest absolute Gasteiger partial charge is 0.194 e. The van der Waals surface area contributed by atoms with Crippen LogP contribution in [0.2, 0.25) is 5.02 Å². The van der Waals surface area contributed by atoms with Gasteiger partial charge in [0.2, 0.25) is 0 Å². The summed E-state index contributed by atoms with van der Waals surface area (Å²) in [7, 11) is 0. The number of carbonyl (C=O) groups is 1. The van der Waals surface area contributed by atoms with E-state index in [1.807, 2.05) is 24.3 Å². The summed E-state index contributed by atoms with van der Waals surface area (Å²) in [4.78, 5) is 12.5. The molecule has 1 nitrogen and oxygen atoms in total. The first-order valence-corrected chi connectivity index (χ1v) is 7.56. The maximum absolute atomic E-state index is 12.5. The van der Waals surface area contributed by atoms with Crippen LogP contribution in [0, 0.1) is 0 Å². The van der Waals surface area contributed by atoms with Crippen LogP contribution in [0.15, 0.2) is 46.9 Å². The molecule has 0 heterocycles. The van der Waals surface area contributed by atoms with E-state index in [0.29, 0.717) is 16.1 Å². The predicted molar refractivity (Wildman–Crippen MR) is 87.7 cm³/mol. The van der Waals surface area contributed by atoms with Crippen molar-refractivity contribution in [1.82, 2.24) is 0 Å². The van der Waals surface area contributed by atoms with Gasteiger partial charge in [-0.3, -0.25) is 4.79 Å². The van der Waals surface area contributed by atoms with Gasteiger partial charge in [-0.05, 0) is 29.2 Å². The Morgan fingerprint density at radius 1 is 1.05 bits per heavy atom. The summed E-state index contributed by atoms with van der Waals surface area (Å²) < 4.78 is 0.756. The van der Waals surface area contributed by atoms with Crippen LogP contribution in [0.3, 0.4) is 0 Å². The normalized spacial score (nSPS) is 11.4. The second kappa shape index (κ2) is 5.71. The summed E-state index contributed by atoms with van der Waals surface area (Å²) in [6.07, 6.45) is 0. The summed E-state index contributed by atoms with van der Waals surface area (Å²) in [6, 6.07) is 13.0. The minimum atomic E-state index is -0.0279. The molecule has 0 aromatic heterocycles. The highest BCUT2D eigenvalue weighted by atomic mass is 79.9. The zero-order valence-corrected chi connectivity index (χ0v) is 14.0. The minimum absolute atomic E-state index is 0.0279. The molecule has 2 aromatic carbocycles. The molecule has 0 atom stereocenters. The average Bonchev–Trinajstić information content (AvgIpc) is 2.40. The molecular formula is C17H16BrClO. The molecule has 0 saturated heterocycles. The van der Waals surface area contributed by atoms with E-state index in [-0.39, 0.29) is 11.2 Å². The van der Waals surface area contributed by atoms with Gasteiger partial charge in [0.05, 0.1) is 0 Å². The Morgan fingerprint density at radius 2 is 1.65 bits per heavy atom. The monoisotopic (exact) mass is 350 g/mol. The van der Waals surface area contributed by atoms with E-state index in [2.05, 4.69) is 36.7 Å². The van der Waals surface area contributed by atoms with Crippen LogP contribution in [0.1, 0.15) is 42.3 Å². The van der Waals surface area contributed by atoms with Crippen molar-refractivity contribution >= 4 is 33.3 Å². The van der Waals surface area contributed by atoms with E-state index in [4.69, 9.17) is 11.6 Å². The van der Waals surface area contributed by atoms with Gasteiger partial charge in [-0.2, -0.15) is 0 Å². The molecule has 20 heavy (non-hydrogen) atoms. The molecular weight excluding hydrogens is 336 g/mol. The number of carbonyl (C=O) groups excluding carboxylic acids is 1. The van der Waals surface area contributed by atoms with Crippen molar-refractivity contribution in [1.29, 1.82) is 0 Å². The van der Waals surface area contributed by atoms with Gasteiger partial charge in [0, 0.05) is 20.6 Å². The third-order valence-electron chi connectivity index (χ3n) is 3.19. The first kappa shape index (κ1) is 15.3. The van der Waals surface area contributed by atoms with Crippen molar-refractivity contribution in [2.24, 2.45) is 0 Å². The number of hydrogen-bond donors (Lipinski definition) is 0. The van der Waals surface area contributed by atoms with Gasteiger partial charge in [-0.1, -0.05) is 72.6 Å². The molecule has 0 bridgehead atoms. The van der Waals surface area contributed by atoms with Crippen molar-refractivity contribution in [3.63, 3.8) is 0 Å². The molecule has 0 unspecified atom stereocenters. The Labute approximate surface area is 133 Å². The summed E-state index contributed by atoms with van der Waals surface area (Å²) >= 11 is 9.36. The van der Waals surface area contributed by atoms with Crippen molar-refractivity contribution in [3.8, 4) is 0 Å². The molecule has 0 amide bonds. The number of hydrogen-bond acceptors (Lipinski definition) is 1. The lowest BCUT2D eigenvalue weighted by Gasteiger charge is -2.19. The highest BCUT2D eigenvalue weighted by Gasteiger charge is 2.16. The quantitative estimate of drug-likeness (QED) is 0.641. The molecule has 0 spiro atoms. The fraction of sp³-hybridized carbons (Fsp3) is 0.235. The standard InChI is InChI=1S/C17H16BrClO/c1-17(2,3)12-6-4-11(5-7-12)16(20)14-10-13(19)8-9-15(14)18/h4-10H,1-3H3. The first-order chi connectivity index (χ1) is 9.29. The van der Waals surface area contributed by atoms with E-state index < -0.39 is 0 Å². The molecule has 3 heteroatoms. The Morgan fingerprint density at radius 3 is 2.20 bits per heavy atom. The SMILES string of the molecule is CC(C)(C)c1ccc(C(=O)c2cc(Cl)ccc2Br)cc1. The second-order valence-electron chi connectivity index (χ2n) is 5.78. The molecule has 2 rings (SSSR count). The Kier molecular flexibility index (Phi) is 4.36. The van der Waals surface area contributed by atoms with Crippen molar-refractivity contribution in [2.75, 3.05) is 0 Å². The predicted octanol–water partition coefficient (Wildman–Crippen LogP) is 5.63. The van der Waals surface area contributed by atoms with Crippen LogP contribution in [0.5, 0.6) is 0 Å². The van der Waals surface area contributed by atoms with E-state index in [1.54, 1.807) is 18.2 Å². The summed E-state index contributed by atoms with van der Waals surface area (Å²) in [5, 5.41) is 0.558. The van der Waals surface area contributed by atoms with E-state index in [0.717, 1.165) is 4.47 Å². The zero-order chi connectivity index (χ0) is 14.9. The van der Waals surface area contributed by atoms with Gasteiger partial charge < -0.3 is 0 Å². The van der Waals surface area contributed by atoms with Crippen LogP contribution >= 0.6 is 27.5 Å². The molecule has 0 aliphatic heterocycles. The summed E-state index contributed by atoms with van der Waals surface area (Å²) in [5.41, 5.74) is 2.54. The number of halogens is 2. The first-order valence-electron chi connectivity index (χ1n) is 6.39. The van der Waals surface area contributed by atoms with Crippen LogP contribution in [0.4, 0.5) is 0 Å². The molecule has 104 valence electrons. The third kappa shape index (κ3) is 3.31. The maximum Gasteiger partial charge on any atom is 0.194 e. The van der Waals surface area contributed by atoms with Crippen LogP contribution < -0.4 is 0 Å². The third-order valence-corrected chi connectivity index (χ3v) is 4.11. The van der Waals surface area contributed by atoms with Crippen LogP contribution in [-0.4, -0.2) is 5.78 Å². The van der Waals surface area contributed by atoms with Crippen molar-refractivity contribution < 1.29 is 4.79 Å². The molecule has 0 aliphatic rings. The Bertz CT molecular complexity index is 639. The van der Waals surface area contributed by atoms with Crippen LogP contribution in [0.25, 0.3) is 0 Å². The summed E-state index contributed by atoms with van der Waals surface area (Å²) in [5.74, 6) is -0.0279. The van der Waals surface area contributed by atoms with Gasteiger partial charge >= 0.3 is 0 Å². The fourth-order valence-corrected chi connectivity index (χ4v) is 2.55. The second-order valence-corrected chi connectivity index (χ2v) is 7.07. The fourth-order valence-electron chi connectivity index (χ4n) is 1.95. The lowest BCUT2D eigenvalue weighted by molar-refractivity contribution is 0.103. The minimum Gasteiger partial charge on any atom is -0.289 e. The van der Waals surface area contributed by atoms with E-state index >= 15 is 0 Å². The van der Waals surface area contributed by atoms with E-state index in [9.17, 15) is 4.79 Å². The Hall–Kier alpha value is -1.12. The lowest BCUT2D eigenvalue weighted by Crippen LogP contribution is -2.11. The molecule has 0 N–H and O–H groups in total. The maximum atomic E-state index is 12.5. The molecule has 0 radical (unpaired) electrons. The number of ketones is 1. The topological polar surface area (TPSA) is 17.1 Å². The van der Waals surface area contributed by atoms with Gasteiger partial charge in [-0.25, -0.2) is 0 Å². The molecule has 0 fully saturated rings. The Balaban J connectivity index is 2.37. The van der Waals surface area contributed by atoms with Crippen molar-refractivity contribution in [2.45, 2.75) is 26.2 Å². The largest absolute Gasteiger partial charge is 0.289 e. The zero-order valence-electron chi connectivity index (χ0n) is 11.7. The number of rotatable bonds is 2. The molecule has 2 aromatic rings. The number of benzene rings is 2. The average molecular weight is 352 g/mol. The lowest BCUT2D eigenvalue weighted by atomic mass is 9.86. The van der Waals surface area contributed by atoms with Crippen LogP contribution in [-0.2, 0) is 5.41 Å². The van der Waals surface area contributed by atoms with Gasteiger partial charge in [0.1, 0.15) is 0 Å². The van der Waals surface area contributed by atoms with Gasteiger partial charge in [0.25, 0.3) is 0 Å². The summed E-state index contributed by atoms with van der Waals surface area (Å²) in [6.45, 7) is 6.45. The van der Waals surface area contributed by atoms with Crippen molar-refractivity contribution in [3.05, 3.63) is 68.7 Å².